The fourth-order valence-corrected chi connectivity index (χ4v) is 1.83. The second-order valence-corrected chi connectivity index (χ2v) is 4.50. The van der Waals surface area contributed by atoms with Crippen LogP contribution >= 0.6 is 15.9 Å². The van der Waals surface area contributed by atoms with Crippen molar-refractivity contribution in [2.45, 2.75) is 26.7 Å². The lowest BCUT2D eigenvalue weighted by molar-refractivity contribution is 0.540. The Bertz CT molecular complexity index is 465. The summed E-state index contributed by atoms with van der Waals surface area (Å²) < 4.78 is 2.73. The van der Waals surface area contributed by atoms with Crippen molar-refractivity contribution in [3.8, 4) is 0 Å². The van der Waals surface area contributed by atoms with Gasteiger partial charge in [-0.3, -0.25) is 4.40 Å². The standard InChI is InChI=1S/C10H13BrN4/c1-3-7(2)6-8-13-14-10-9(11)12-4-5-15(8)10/h4-5,7H,3,6H2,1-2H3. The van der Waals surface area contributed by atoms with Crippen molar-refractivity contribution in [3.05, 3.63) is 22.8 Å². The Morgan fingerprint density at radius 3 is 3.00 bits per heavy atom. The van der Waals surface area contributed by atoms with Crippen LogP contribution in [0.4, 0.5) is 0 Å². The third-order valence-corrected chi connectivity index (χ3v) is 3.14. The molecule has 4 nitrogen and oxygen atoms in total. The van der Waals surface area contributed by atoms with E-state index in [2.05, 4.69) is 45.0 Å². The van der Waals surface area contributed by atoms with Crippen LogP contribution in [0.15, 0.2) is 17.0 Å². The lowest BCUT2D eigenvalue weighted by Crippen LogP contribution is -2.03. The molecule has 15 heavy (non-hydrogen) atoms. The number of rotatable bonds is 3. The number of fused-ring (bicyclic) bond motifs is 1. The van der Waals surface area contributed by atoms with E-state index in [1.54, 1.807) is 6.20 Å². The van der Waals surface area contributed by atoms with Gasteiger partial charge in [-0.05, 0) is 21.8 Å². The predicted octanol–water partition coefficient (Wildman–Crippen LogP) is 2.48. The maximum atomic E-state index is 4.19. The predicted molar refractivity (Wildman–Crippen MR) is 61.6 cm³/mol. The summed E-state index contributed by atoms with van der Waals surface area (Å²) in [6.45, 7) is 4.41. The highest BCUT2D eigenvalue weighted by Crippen LogP contribution is 2.15. The highest BCUT2D eigenvalue weighted by molar-refractivity contribution is 9.10. The Labute approximate surface area is 96.9 Å². The van der Waals surface area contributed by atoms with E-state index in [9.17, 15) is 0 Å². The number of nitrogens with zero attached hydrogens (tertiary/aromatic N) is 4. The van der Waals surface area contributed by atoms with Crippen LogP contribution in [0.5, 0.6) is 0 Å². The van der Waals surface area contributed by atoms with Gasteiger partial charge < -0.3 is 0 Å². The second kappa shape index (κ2) is 4.26. The first-order valence-corrected chi connectivity index (χ1v) is 5.85. The zero-order chi connectivity index (χ0) is 10.8. The Kier molecular flexibility index (Phi) is 3.00. The molecule has 0 aliphatic heterocycles. The van der Waals surface area contributed by atoms with Gasteiger partial charge in [-0.15, -0.1) is 10.2 Å². The van der Waals surface area contributed by atoms with Crippen LogP contribution in [0.1, 0.15) is 26.1 Å². The van der Waals surface area contributed by atoms with E-state index in [-0.39, 0.29) is 0 Å². The van der Waals surface area contributed by atoms with Crippen LogP contribution in [0.3, 0.4) is 0 Å². The van der Waals surface area contributed by atoms with Crippen LogP contribution < -0.4 is 0 Å². The molecule has 5 heteroatoms. The van der Waals surface area contributed by atoms with E-state index in [4.69, 9.17) is 0 Å². The van der Waals surface area contributed by atoms with Gasteiger partial charge in [-0.25, -0.2) is 4.98 Å². The molecule has 0 N–H and O–H groups in total. The Hall–Kier alpha value is -0.970. The molecule has 0 aliphatic rings. The summed E-state index contributed by atoms with van der Waals surface area (Å²) in [5.74, 6) is 1.63. The molecule has 0 aliphatic carbocycles. The molecule has 2 heterocycles. The lowest BCUT2D eigenvalue weighted by Gasteiger charge is -2.05. The van der Waals surface area contributed by atoms with Gasteiger partial charge in [-0.2, -0.15) is 0 Å². The summed E-state index contributed by atoms with van der Waals surface area (Å²) in [7, 11) is 0. The second-order valence-electron chi connectivity index (χ2n) is 3.75. The minimum absolute atomic E-state index is 0.629. The number of aromatic nitrogens is 4. The molecule has 1 unspecified atom stereocenters. The summed E-state index contributed by atoms with van der Waals surface area (Å²) >= 11 is 3.36. The first-order valence-electron chi connectivity index (χ1n) is 5.06. The van der Waals surface area contributed by atoms with Crippen molar-refractivity contribution in [1.82, 2.24) is 19.6 Å². The summed E-state index contributed by atoms with van der Waals surface area (Å²) in [6, 6.07) is 0. The molecule has 0 aromatic carbocycles. The third kappa shape index (κ3) is 2.02. The molecule has 80 valence electrons. The minimum Gasteiger partial charge on any atom is -0.283 e. The monoisotopic (exact) mass is 268 g/mol. The van der Waals surface area contributed by atoms with Crippen LogP contribution in [-0.2, 0) is 6.42 Å². The summed E-state index contributed by atoms with van der Waals surface area (Å²) in [4.78, 5) is 4.11. The molecule has 2 aromatic rings. The molecule has 1 atom stereocenters. The molecule has 0 amide bonds. The maximum Gasteiger partial charge on any atom is 0.193 e. The van der Waals surface area contributed by atoms with Gasteiger partial charge >= 0.3 is 0 Å². The molecule has 0 spiro atoms. The normalized spacial score (nSPS) is 13.3. The lowest BCUT2D eigenvalue weighted by atomic mass is 10.1. The largest absolute Gasteiger partial charge is 0.283 e. The highest BCUT2D eigenvalue weighted by atomic mass is 79.9. The number of hydrogen-bond donors (Lipinski definition) is 0. The van der Waals surface area contributed by atoms with Crippen molar-refractivity contribution in [3.63, 3.8) is 0 Å². The Morgan fingerprint density at radius 2 is 2.27 bits per heavy atom. The molecule has 0 saturated heterocycles. The van der Waals surface area contributed by atoms with E-state index in [1.165, 1.54) is 0 Å². The van der Waals surface area contributed by atoms with Gasteiger partial charge in [0.05, 0.1) is 0 Å². The zero-order valence-corrected chi connectivity index (χ0v) is 10.4. The van der Waals surface area contributed by atoms with E-state index in [0.29, 0.717) is 5.92 Å². The van der Waals surface area contributed by atoms with E-state index >= 15 is 0 Å². The third-order valence-electron chi connectivity index (χ3n) is 2.58. The molecule has 0 bridgehead atoms. The average molecular weight is 269 g/mol. The molecular formula is C10H13BrN4. The van der Waals surface area contributed by atoms with Gasteiger partial charge in [0, 0.05) is 18.8 Å². The van der Waals surface area contributed by atoms with Crippen LogP contribution in [0, 0.1) is 5.92 Å². The van der Waals surface area contributed by atoms with Crippen LogP contribution in [0.2, 0.25) is 0 Å². The van der Waals surface area contributed by atoms with Gasteiger partial charge in [0.1, 0.15) is 5.82 Å². The number of hydrogen-bond acceptors (Lipinski definition) is 3. The Balaban J connectivity index is 2.41. The van der Waals surface area contributed by atoms with E-state index < -0.39 is 0 Å². The molecule has 0 radical (unpaired) electrons. The smallest absolute Gasteiger partial charge is 0.193 e. The average Bonchev–Trinajstić information content (AvgIpc) is 2.63. The first kappa shape index (κ1) is 10.5. The molecule has 2 rings (SSSR count). The zero-order valence-electron chi connectivity index (χ0n) is 8.81. The van der Waals surface area contributed by atoms with Crippen molar-refractivity contribution < 1.29 is 0 Å². The first-order chi connectivity index (χ1) is 7.22. The maximum absolute atomic E-state index is 4.19. The summed E-state index contributed by atoms with van der Waals surface area (Å²) in [6.07, 6.45) is 5.76. The topological polar surface area (TPSA) is 43.1 Å². The molecule has 2 aromatic heterocycles. The highest BCUT2D eigenvalue weighted by Gasteiger charge is 2.10. The fraction of sp³-hybridized carbons (Fsp3) is 0.500. The van der Waals surface area contributed by atoms with Crippen LogP contribution in [-0.4, -0.2) is 19.6 Å². The molecule has 0 fully saturated rings. The Morgan fingerprint density at radius 1 is 1.47 bits per heavy atom. The van der Waals surface area contributed by atoms with Crippen LogP contribution in [0.25, 0.3) is 5.65 Å². The van der Waals surface area contributed by atoms with Crippen molar-refractivity contribution >= 4 is 21.6 Å². The minimum atomic E-state index is 0.629. The van der Waals surface area contributed by atoms with Crippen molar-refractivity contribution in [2.75, 3.05) is 0 Å². The molecular weight excluding hydrogens is 256 g/mol. The van der Waals surface area contributed by atoms with Crippen molar-refractivity contribution in [1.29, 1.82) is 0 Å². The summed E-state index contributed by atoms with van der Waals surface area (Å²) in [5.41, 5.74) is 0.788. The van der Waals surface area contributed by atoms with E-state index in [1.807, 2.05) is 10.6 Å². The molecule has 0 saturated carbocycles. The summed E-state index contributed by atoms with van der Waals surface area (Å²) in [5, 5.41) is 8.30. The fourth-order valence-electron chi connectivity index (χ4n) is 1.44. The van der Waals surface area contributed by atoms with Gasteiger partial charge in [0.25, 0.3) is 0 Å². The van der Waals surface area contributed by atoms with Crippen molar-refractivity contribution in [2.24, 2.45) is 5.92 Å². The number of halogens is 1. The van der Waals surface area contributed by atoms with Gasteiger partial charge in [0.15, 0.2) is 10.3 Å². The van der Waals surface area contributed by atoms with Gasteiger partial charge in [-0.1, -0.05) is 20.3 Å². The quantitative estimate of drug-likeness (QED) is 0.859. The van der Waals surface area contributed by atoms with Gasteiger partial charge in [0.2, 0.25) is 0 Å². The SMILES string of the molecule is CCC(C)Cc1nnc2c(Br)nccn12. The van der Waals surface area contributed by atoms with E-state index in [0.717, 1.165) is 28.9 Å².